The van der Waals surface area contributed by atoms with Crippen LogP contribution in [0.1, 0.15) is 18.1 Å². The molecule has 4 rings (SSSR count). The minimum absolute atomic E-state index is 1.01. The SMILES string of the molecule is CCc1cccc2c(/C=N/N(c3ccccc3)c3ccccc3)c[nH]c12. The van der Waals surface area contributed by atoms with E-state index in [1.807, 2.05) is 53.8 Å². The first-order valence-electron chi connectivity index (χ1n) is 8.90. The first-order chi connectivity index (χ1) is 12.9. The molecule has 0 radical (unpaired) electrons. The molecule has 1 N–H and O–H groups in total. The minimum atomic E-state index is 1.01. The van der Waals surface area contributed by atoms with Crippen LogP contribution >= 0.6 is 0 Å². The molecule has 3 aromatic carbocycles. The topological polar surface area (TPSA) is 31.4 Å². The van der Waals surface area contributed by atoms with E-state index in [4.69, 9.17) is 5.10 Å². The zero-order valence-corrected chi connectivity index (χ0v) is 14.8. The number of nitrogens with one attached hydrogen (secondary N) is 1. The van der Waals surface area contributed by atoms with Crippen molar-refractivity contribution in [2.75, 3.05) is 5.01 Å². The van der Waals surface area contributed by atoms with Crippen LogP contribution in [0.2, 0.25) is 0 Å². The number of aromatic nitrogens is 1. The van der Waals surface area contributed by atoms with Gasteiger partial charge in [-0.25, -0.2) is 5.01 Å². The van der Waals surface area contributed by atoms with E-state index < -0.39 is 0 Å². The largest absolute Gasteiger partial charge is 0.360 e. The molecule has 0 fully saturated rings. The normalized spacial score (nSPS) is 11.3. The number of anilines is 2. The Balaban J connectivity index is 1.75. The third kappa shape index (κ3) is 3.11. The zero-order chi connectivity index (χ0) is 17.8. The summed E-state index contributed by atoms with van der Waals surface area (Å²) in [5.41, 5.74) is 5.67. The fraction of sp³-hybridized carbons (Fsp3) is 0.0870. The van der Waals surface area contributed by atoms with Gasteiger partial charge in [-0.05, 0) is 36.2 Å². The van der Waals surface area contributed by atoms with Crippen LogP contribution in [0, 0.1) is 0 Å². The molecule has 26 heavy (non-hydrogen) atoms. The van der Waals surface area contributed by atoms with E-state index in [1.54, 1.807) is 0 Å². The zero-order valence-electron chi connectivity index (χ0n) is 14.8. The highest BCUT2D eigenvalue weighted by Crippen LogP contribution is 2.26. The second-order valence-corrected chi connectivity index (χ2v) is 6.16. The Bertz CT molecular complexity index is 978. The molecule has 0 atom stereocenters. The second-order valence-electron chi connectivity index (χ2n) is 6.16. The average Bonchev–Trinajstić information content (AvgIpc) is 3.13. The number of hydrazone groups is 1. The highest BCUT2D eigenvalue weighted by Gasteiger charge is 2.08. The van der Waals surface area contributed by atoms with Crippen LogP contribution in [0.15, 0.2) is 90.2 Å². The van der Waals surface area contributed by atoms with E-state index in [-0.39, 0.29) is 0 Å². The van der Waals surface area contributed by atoms with E-state index in [2.05, 4.69) is 54.4 Å². The molecule has 0 aliphatic carbocycles. The molecule has 0 saturated heterocycles. The highest BCUT2D eigenvalue weighted by atomic mass is 15.5. The lowest BCUT2D eigenvalue weighted by Crippen LogP contribution is -2.09. The highest BCUT2D eigenvalue weighted by molar-refractivity contribution is 6.00. The van der Waals surface area contributed by atoms with Crippen LogP contribution in [-0.2, 0) is 6.42 Å². The Morgan fingerprint density at radius 1 is 0.846 bits per heavy atom. The van der Waals surface area contributed by atoms with Crippen molar-refractivity contribution in [3.8, 4) is 0 Å². The molecule has 0 unspecified atom stereocenters. The maximum absolute atomic E-state index is 4.80. The summed E-state index contributed by atoms with van der Waals surface area (Å²) in [5.74, 6) is 0. The van der Waals surface area contributed by atoms with E-state index in [9.17, 15) is 0 Å². The fourth-order valence-electron chi connectivity index (χ4n) is 3.18. The van der Waals surface area contributed by atoms with Gasteiger partial charge in [-0.3, -0.25) is 0 Å². The van der Waals surface area contributed by atoms with Crippen LogP contribution in [0.4, 0.5) is 11.4 Å². The summed E-state index contributed by atoms with van der Waals surface area (Å²) in [6, 6.07) is 26.8. The third-order valence-corrected chi connectivity index (χ3v) is 4.53. The van der Waals surface area contributed by atoms with Crippen LogP contribution < -0.4 is 5.01 Å². The molecule has 0 saturated carbocycles. The number of aryl methyl sites for hydroxylation is 1. The van der Waals surface area contributed by atoms with Gasteiger partial charge in [-0.2, -0.15) is 5.10 Å². The number of hydrogen-bond donors (Lipinski definition) is 1. The van der Waals surface area contributed by atoms with Gasteiger partial charge >= 0.3 is 0 Å². The molecule has 3 nitrogen and oxygen atoms in total. The van der Waals surface area contributed by atoms with Crippen LogP contribution in [0.3, 0.4) is 0 Å². The van der Waals surface area contributed by atoms with Gasteiger partial charge in [-0.1, -0.05) is 61.5 Å². The third-order valence-electron chi connectivity index (χ3n) is 4.53. The summed E-state index contributed by atoms with van der Waals surface area (Å²) < 4.78 is 0. The quantitative estimate of drug-likeness (QED) is 0.356. The van der Waals surface area contributed by atoms with E-state index >= 15 is 0 Å². The summed E-state index contributed by atoms with van der Waals surface area (Å²) in [5, 5.41) is 7.96. The summed E-state index contributed by atoms with van der Waals surface area (Å²) in [6.45, 7) is 2.18. The maximum atomic E-state index is 4.80. The summed E-state index contributed by atoms with van der Waals surface area (Å²) in [4.78, 5) is 3.40. The molecular formula is C23H21N3. The molecule has 0 aliphatic rings. The molecule has 1 heterocycles. The summed E-state index contributed by atoms with van der Waals surface area (Å²) in [7, 11) is 0. The number of H-pyrrole nitrogens is 1. The van der Waals surface area contributed by atoms with Gasteiger partial charge in [0.2, 0.25) is 0 Å². The van der Waals surface area contributed by atoms with E-state index in [0.29, 0.717) is 0 Å². The van der Waals surface area contributed by atoms with Gasteiger partial charge in [0.1, 0.15) is 0 Å². The van der Waals surface area contributed by atoms with Crippen LogP contribution in [0.25, 0.3) is 10.9 Å². The number of hydrogen-bond acceptors (Lipinski definition) is 2. The first kappa shape index (κ1) is 16.2. The molecule has 0 bridgehead atoms. The number of benzene rings is 3. The Kier molecular flexibility index (Phi) is 4.52. The molecule has 0 amide bonds. The number of aromatic amines is 1. The van der Waals surface area contributed by atoms with Gasteiger partial charge in [0.05, 0.1) is 17.6 Å². The van der Waals surface area contributed by atoms with Gasteiger partial charge in [0.15, 0.2) is 0 Å². The Morgan fingerprint density at radius 3 is 2.12 bits per heavy atom. The van der Waals surface area contributed by atoms with Crippen LogP contribution in [-0.4, -0.2) is 11.2 Å². The monoisotopic (exact) mass is 339 g/mol. The number of nitrogens with zero attached hydrogens (tertiary/aromatic N) is 2. The summed E-state index contributed by atoms with van der Waals surface area (Å²) in [6.07, 6.45) is 4.97. The van der Waals surface area contributed by atoms with Crippen LogP contribution in [0.5, 0.6) is 0 Å². The number of fused-ring (bicyclic) bond motifs is 1. The first-order valence-corrected chi connectivity index (χ1v) is 8.90. The van der Waals surface area contributed by atoms with Gasteiger partial charge in [-0.15, -0.1) is 0 Å². The standard InChI is InChI=1S/C23H21N3/c1-2-18-10-9-15-22-19(16-24-23(18)22)17-25-26(20-11-5-3-6-12-20)21-13-7-4-8-14-21/h3-17,24H,2H2,1H3/b25-17+. The molecule has 0 aliphatic heterocycles. The molecule has 128 valence electrons. The van der Waals surface area contributed by atoms with Gasteiger partial charge in [0, 0.05) is 22.7 Å². The fourth-order valence-corrected chi connectivity index (χ4v) is 3.18. The smallest absolute Gasteiger partial charge is 0.0652 e. The molecule has 0 spiro atoms. The molecular weight excluding hydrogens is 318 g/mol. The van der Waals surface area contributed by atoms with Crippen molar-refractivity contribution >= 4 is 28.5 Å². The van der Waals surface area contributed by atoms with Crippen molar-refractivity contribution in [3.63, 3.8) is 0 Å². The summed E-state index contributed by atoms with van der Waals surface area (Å²) >= 11 is 0. The Labute approximate surface area is 153 Å². The Hall–Kier alpha value is -3.33. The predicted molar refractivity (Wildman–Crippen MR) is 110 cm³/mol. The predicted octanol–water partition coefficient (Wildman–Crippen LogP) is 5.90. The lowest BCUT2D eigenvalue weighted by atomic mass is 10.1. The van der Waals surface area contributed by atoms with Crippen molar-refractivity contribution in [1.82, 2.24) is 4.98 Å². The van der Waals surface area contributed by atoms with Gasteiger partial charge < -0.3 is 4.98 Å². The minimum Gasteiger partial charge on any atom is -0.360 e. The van der Waals surface area contributed by atoms with Gasteiger partial charge in [0.25, 0.3) is 0 Å². The number of para-hydroxylation sites is 3. The van der Waals surface area contributed by atoms with Crippen molar-refractivity contribution in [3.05, 3.63) is 96.2 Å². The molecule has 4 aromatic rings. The molecule has 1 aromatic heterocycles. The number of rotatable bonds is 5. The molecule has 3 heteroatoms. The van der Waals surface area contributed by atoms with E-state index in [1.165, 1.54) is 16.5 Å². The average molecular weight is 339 g/mol. The van der Waals surface area contributed by atoms with Crippen molar-refractivity contribution in [2.24, 2.45) is 5.10 Å². The lowest BCUT2D eigenvalue weighted by molar-refractivity contribution is 1.09. The van der Waals surface area contributed by atoms with Crippen molar-refractivity contribution in [1.29, 1.82) is 0 Å². The van der Waals surface area contributed by atoms with Crippen molar-refractivity contribution in [2.45, 2.75) is 13.3 Å². The lowest BCUT2D eigenvalue weighted by Gasteiger charge is -2.19. The van der Waals surface area contributed by atoms with Crippen molar-refractivity contribution < 1.29 is 0 Å². The maximum Gasteiger partial charge on any atom is 0.0652 e. The second kappa shape index (κ2) is 7.28. The Morgan fingerprint density at radius 2 is 1.50 bits per heavy atom. The van der Waals surface area contributed by atoms with E-state index in [0.717, 1.165) is 23.4 Å².